The van der Waals surface area contributed by atoms with E-state index in [2.05, 4.69) is 45.9 Å². The third kappa shape index (κ3) is 4.85. The van der Waals surface area contributed by atoms with E-state index in [1.54, 1.807) is 20.3 Å². The van der Waals surface area contributed by atoms with Gasteiger partial charge in [-0.25, -0.2) is 4.39 Å². The van der Waals surface area contributed by atoms with Crippen LogP contribution < -0.4 is 0 Å². The molecule has 0 aliphatic carbocycles. The largest absolute Gasteiger partial charge is 0.380 e. The van der Waals surface area contributed by atoms with Crippen molar-refractivity contribution in [3.05, 3.63) is 57.9 Å². The van der Waals surface area contributed by atoms with E-state index in [0.29, 0.717) is 19.4 Å². The smallest absolute Gasteiger partial charge is 0.127 e. The monoisotopic (exact) mass is 398 g/mol. The lowest BCUT2D eigenvalue weighted by atomic mass is 9.91. The van der Waals surface area contributed by atoms with E-state index >= 15 is 0 Å². The molecule has 0 aromatic heterocycles. The molecule has 2 nitrogen and oxygen atoms in total. The first-order valence-electron chi connectivity index (χ1n) is 8.13. The number of methoxy groups -OCH3 is 2. The highest BCUT2D eigenvalue weighted by molar-refractivity contribution is 7.16. The Bertz CT molecular complexity index is 708. The minimum absolute atomic E-state index is 0.160. The van der Waals surface area contributed by atoms with Crippen molar-refractivity contribution in [2.75, 3.05) is 14.2 Å². The van der Waals surface area contributed by atoms with E-state index in [1.165, 1.54) is 5.56 Å². The second-order valence-corrected chi connectivity index (χ2v) is 7.09. The van der Waals surface area contributed by atoms with Crippen molar-refractivity contribution >= 4 is 27.7 Å². The maximum atomic E-state index is 14.7. The summed E-state index contributed by atoms with van der Waals surface area (Å²) in [4.78, 5) is 0. The standard InChI is InChI=1S/C19H26FO2P3/c1-21-7-14-3-12(9-23)4-15(8-22-2)19(14)13-5-16(10-24)17(11-25)18(20)6-13/h3-6H,7-11,23-25H2,1-2H3. The first-order valence-corrected chi connectivity index (χ1v) is 10.6. The van der Waals surface area contributed by atoms with Crippen LogP contribution in [0.5, 0.6) is 0 Å². The summed E-state index contributed by atoms with van der Waals surface area (Å²) in [5.41, 5.74) is 6.97. The summed E-state index contributed by atoms with van der Waals surface area (Å²) < 4.78 is 25.5. The summed E-state index contributed by atoms with van der Waals surface area (Å²) >= 11 is 0. The van der Waals surface area contributed by atoms with Crippen LogP contribution in [0.4, 0.5) is 4.39 Å². The average molecular weight is 398 g/mol. The lowest BCUT2D eigenvalue weighted by molar-refractivity contribution is 0.180. The Balaban J connectivity index is 2.73. The molecule has 0 N–H and O–H groups in total. The van der Waals surface area contributed by atoms with Gasteiger partial charge in [-0.15, -0.1) is 27.7 Å². The van der Waals surface area contributed by atoms with Gasteiger partial charge in [-0.2, -0.15) is 0 Å². The average Bonchev–Trinajstić information content (AvgIpc) is 2.61. The number of hydrogen-bond donors (Lipinski definition) is 0. The third-order valence-electron chi connectivity index (χ3n) is 4.20. The van der Waals surface area contributed by atoms with Crippen molar-refractivity contribution < 1.29 is 13.9 Å². The Hall–Kier alpha value is -0.420. The number of ether oxygens (including phenoxy) is 2. The van der Waals surface area contributed by atoms with E-state index in [-0.39, 0.29) is 5.82 Å². The maximum Gasteiger partial charge on any atom is 0.127 e. The normalized spacial score (nSPS) is 11.1. The van der Waals surface area contributed by atoms with Gasteiger partial charge in [-0.3, -0.25) is 0 Å². The van der Waals surface area contributed by atoms with Gasteiger partial charge in [0.05, 0.1) is 13.2 Å². The number of rotatable bonds is 8. The van der Waals surface area contributed by atoms with Crippen LogP contribution in [0.25, 0.3) is 11.1 Å². The second-order valence-electron chi connectivity index (χ2n) is 5.86. The molecule has 0 saturated carbocycles. The first-order chi connectivity index (χ1) is 12.1. The van der Waals surface area contributed by atoms with E-state index in [0.717, 1.165) is 45.7 Å². The van der Waals surface area contributed by atoms with Crippen LogP contribution in [-0.2, 0) is 41.2 Å². The predicted molar refractivity (Wildman–Crippen MR) is 114 cm³/mol. The summed E-state index contributed by atoms with van der Waals surface area (Å²) in [5, 5.41) is 0. The summed E-state index contributed by atoms with van der Waals surface area (Å²) in [6.07, 6.45) is 2.18. The molecule has 0 spiro atoms. The Labute approximate surface area is 156 Å². The van der Waals surface area contributed by atoms with Crippen molar-refractivity contribution in [1.29, 1.82) is 0 Å². The zero-order chi connectivity index (χ0) is 18.4. The van der Waals surface area contributed by atoms with Crippen molar-refractivity contribution in [2.24, 2.45) is 0 Å². The van der Waals surface area contributed by atoms with Gasteiger partial charge >= 0.3 is 0 Å². The summed E-state index contributed by atoms with van der Waals surface area (Å²) in [6.45, 7) is 0.960. The van der Waals surface area contributed by atoms with Crippen molar-refractivity contribution in [2.45, 2.75) is 31.7 Å². The minimum atomic E-state index is -0.160. The van der Waals surface area contributed by atoms with Gasteiger partial charge in [0, 0.05) is 14.2 Å². The van der Waals surface area contributed by atoms with Gasteiger partial charge in [0.15, 0.2) is 0 Å². The predicted octanol–water partition coefficient (Wildman–Crippen LogP) is 4.91. The molecule has 0 radical (unpaired) electrons. The molecule has 6 heteroatoms. The van der Waals surface area contributed by atoms with Crippen LogP contribution in [0, 0.1) is 5.82 Å². The second kappa shape index (κ2) is 10.1. The van der Waals surface area contributed by atoms with Gasteiger partial charge in [0.2, 0.25) is 0 Å². The molecule has 0 bridgehead atoms. The molecule has 2 aromatic carbocycles. The lowest BCUT2D eigenvalue weighted by Gasteiger charge is -2.19. The molecular weight excluding hydrogens is 372 g/mol. The molecule has 0 saturated heterocycles. The summed E-state index contributed by atoms with van der Waals surface area (Å²) in [5.74, 6) is -0.160. The molecule has 2 aromatic rings. The highest BCUT2D eigenvalue weighted by Crippen LogP contribution is 2.34. The SMILES string of the molecule is COCc1cc(CP)cc(COC)c1-c1cc(F)c(CP)c(CP)c1. The molecule has 2 rings (SSSR count). The van der Waals surface area contributed by atoms with Gasteiger partial charge in [0.25, 0.3) is 0 Å². The van der Waals surface area contributed by atoms with Crippen molar-refractivity contribution in [3.63, 3.8) is 0 Å². The fourth-order valence-corrected chi connectivity index (χ4v) is 4.17. The fourth-order valence-electron chi connectivity index (χ4n) is 3.12. The Morgan fingerprint density at radius 1 is 0.800 bits per heavy atom. The first kappa shape index (κ1) is 20.9. The number of benzene rings is 2. The maximum absolute atomic E-state index is 14.7. The third-order valence-corrected chi connectivity index (χ3v) is 5.52. The Morgan fingerprint density at radius 2 is 1.40 bits per heavy atom. The fraction of sp³-hybridized carbons (Fsp3) is 0.368. The topological polar surface area (TPSA) is 18.5 Å². The zero-order valence-electron chi connectivity index (χ0n) is 14.8. The minimum Gasteiger partial charge on any atom is -0.380 e. The van der Waals surface area contributed by atoms with Crippen LogP contribution in [0.3, 0.4) is 0 Å². The van der Waals surface area contributed by atoms with E-state index in [1.807, 2.05) is 0 Å². The molecule has 0 heterocycles. The molecular formula is C19H26FO2P3. The van der Waals surface area contributed by atoms with Crippen LogP contribution in [-0.4, -0.2) is 14.2 Å². The van der Waals surface area contributed by atoms with Gasteiger partial charge in [0.1, 0.15) is 5.82 Å². The summed E-state index contributed by atoms with van der Waals surface area (Å²) in [6, 6.07) is 7.99. The lowest BCUT2D eigenvalue weighted by Crippen LogP contribution is -2.03. The molecule has 0 fully saturated rings. The molecule has 3 atom stereocenters. The van der Waals surface area contributed by atoms with Crippen molar-refractivity contribution in [3.8, 4) is 11.1 Å². The Kier molecular flexibility index (Phi) is 8.40. The van der Waals surface area contributed by atoms with Crippen molar-refractivity contribution in [1.82, 2.24) is 0 Å². The molecule has 3 unspecified atom stereocenters. The highest BCUT2D eigenvalue weighted by Gasteiger charge is 2.16. The number of hydrogen-bond acceptors (Lipinski definition) is 2. The molecule has 25 heavy (non-hydrogen) atoms. The molecule has 0 aliphatic heterocycles. The van der Waals surface area contributed by atoms with Gasteiger partial charge in [-0.05, 0) is 63.5 Å². The van der Waals surface area contributed by atoms with Gasteiger partial charge in [-0.1, -0.05) is 18.2 Å². The highest BCUT2D eigenvalue weighted by atomic mass is 31.0. The van der Waals surface area contributed by atoms with E-state index in [4.69, 9.17) is 9.47 Å². The molecule has 0 amide bonds. The molecule has 0 aliphatic rings. The number of halogens is 1. The quantitative estimate of drug-likeness (QED) is 0.589. The van der Waals surface area contributed by atoms with E-state index in [9.17, 15) is 4.39 Å². The molecule has 136 valence electrons. The summed E-state index contributed by atoms with van der Waals surface area (Å²) in [7, 11) is 11.4. The van der Waals surface area contributed by atoms with E-state index < -0.39 is 0 Å². The van der Waals surface area contributed by atoms with Crippen LogP contribution >= 0.6 is 27.7 Å². The van der Waals surface area contributed by atoms with Crippen LogP contribution in [0.1, 0.15) is 27.8 Å². The van der Waals surface area contributed by atoms with Crippen LogP contribution in [0.2, 0.25) is 0 Å². The zero-order valence-corrected chi connectivity index (χ0v) is 18.2. The Morgan fingerprint density at radius 3 is 1.84 bits per heavy atom. The van der Waals surface area contributed by atoms with Gasteiger partial charge < -0.3 is 9.47 Å². The van der Waals surface area contributed by atoms with Crippen LogP contribution in [0.15, 0.2) is 24.3 Å².